The number of aliphatic hydroxyl groups is 1. The monoisotopic (exact) mass is 420 g/mol. The van der Waals surface area contributed by atoms with Gasteiger partial charge < -0.3 is 15.2 Å². The maximum absolute atomic E-state index is 12.4. The first kappa shape index (κ1) is 22.5. The van der Waals surface area contributed by atoms with E-state index in [1.54, 1.807) is 43.3 Å². The molecule has 1 atom stereocenters. The van der Waals surface area contributed by atoms with Gasteiger partial charge in [-0.05, 0) is 43.7 Å². The molecule has 0 fully saturated rings. The smallest absolute Gasteiger partial charge is 0.310 e. The van der Waals surface area contributed by atoms with E-state index < -0.39 is 28.6 Å². The van der Waals surface area contributed by atoms with Crippen molar-refractivity contribution in [1.82, 2.24) is 4.72 Å². The van der Waals surface area contributed by atoms with Crippen molar-refractivity contribution in [1.29, 1.82) is 0 Å². The van der Waals surface area contributed by atoms with Crippen LogP contribution in [0.1, 0.15) is 18.1 Å². The summed E-state index contributed by atoms with van der Waals surface area (Å²) in [5.41, 5.74) is 2.00. The summed E-state index contributed by atoms with van der Waals surface area (Å²) in [5.74, 6) is -1.06. The summed E-state index contributed by atoms with van der Waals surface area (Å²) < 4.78 is 31.9. The number of carbonyl (C=O) groups excluding carboxylic acids is 2. The number of aryl methyl sites for hydroxylation is 1. The van der Waals surface area contributed by atoms with Crippen molar-refractivity contribution in [3.05, 3.63) is 59.7 Å². The highest BCUT2D eigenvalue weighted by Gasteiger charge is 2.25. The topological polar surface area (TPSA) is 122 Å². The number of carbonyl (C=O) groups is 2. The third kappa shape index (κ3) is 6.67. The SMILES string of the molecule is CCOC(=O)Cc1ccc(NC(=O)C(CO)NS(=O)(=O)c2ccc(C)cc2)cc1. The molecule has 0 spiro atoms. The normalized spacial score (nSPS) is 12.2. The minimum absolute atomic E-state index is 0.00216. The van der Waals surface area contributed by atoms with Crippen molar-refractivity contribution in [2.45, 2.75) is 31.2 Å². The van der Waals surface area contributed by atoms with E-state index in [0.29, 0.717) is 17.9 Å². The molecular weight excluding hydrogens is 396 g/mol. The maximum Gasteiger partial charge on any atom is 0.310 e. The molecule has 9 heteroatoms. The second-order valence-corrected chi connectivity index (χ2v) is 8.05. The summed E-state index contributed by atoms with van der Waals surface area (Å²) >= 11 is 0. The van der Waals surface area contributed by atoms with Gasteiger partial charge in [0.2, 0.25) is 15.9 Å². The number of hydrogen-bond donors (Lipinski definition) is 3. The summed E-state index contributed by atoms with van der Waals surface area (Å²) in [5, 5.41) is 12.0. The fraction of sp³-hybridized carbons (Fsp3) is 0.300. The fourth-order valence-corrected chi connectivity index (χ4v) is 3.65. The zero-order valence-corrected chi connectivity index (χ0v) is 17.0. The molecule has 0 saturated heterocycles. The van der Waals surface area contributed by atoms with E-state index in [1.165, 1.54) is 12.1 Å². The van der Waals surface area contributed by atoms with Gasteiger partial charge in [0.1, 0.15) is 6.04 Å². The predicted octanol–water partition coefficient (Wildman–Crippen LogP) is 1.38. The number of rotatable bonds is 9. The molecule has 0 aromatic heterocycles. The Bertz CT molecular complexity index is 940. The fourth-order valence-electron chi connectivity index (χ4n) is 2.46. The van der Waals surface area contributed by atoms with Gasteiger partial charge in [-0.15, -0.1) is 0 Å². The highest BCUT2D eigenvalue weighted by atomic mass is 32.2. The van der Waals surface area contributed by atoms with Gasteiger partial charge in [-0.25, -0.2) is 8.42 Å². The molecule has 0 heterocycles. The number of benzene rings is 2. The van der Waals surface area contributed by atoms with Gasteiger partial charge in [0, 0.05) is 5.69 Å². The van der Waals surface area contributed by atoms with Gasteiger partial charge in [-0.2, -0.15) is 4.72 Å². The van der Waals surface area contributed by atoms with Crippen molar-refractivity contribution >= 4 is 27.6 Å². The summed E-state index contributed by atoms with van der Waals surface area (Å²) in [6.45, 7) is 3.14. The molecule has 0 radical (unpaired) electrons. The first-order valence-corrected chi connectivity index (χ1v) is 10.5. The van der Waals surface area contributed by atoms with Crippen LogP contribution in [0.4, 0.5) is 5.69 Å². The van der Waals surface area contributed by atoms with Crippen LogP contribution < -0.4 is 10.0 Å². The van der Waals surface area contributed by atoms with Crippen molar-refractivity contribution in [3.8, 4) is 0 Å². The van der Waals surface area contributed by atoms with Gasteiger partial charge in [0.15, 0.2) is 0 Å². The Labute approximate surface area is 169 Å². The van der Waals surface area contributed by atoms with E-state index in [1.807, 2.05) is 6.92 Å². The Morgan fingerprint density at radius 3 is 2.24 bits per heavy atom. The molecule has 0 aliphatic heterocycles. The molecule has 0 aliphatic carbocycles. The third-order valence-corrected chi connectivity index (χ3v) is 5.49. The van der Waals surface area contributed by atoms with Crippen LogP contribution >= 0.6 is 0 Å². The number of amides is 1. The van der Waals surface area contributed by atoms with E-state index in [9.17, 15) is 23.1 Å². The maximum atomic E-state index is 12.4. The summed E-state index contributed by atoms with van der Waals surface area (Å²) in [7, 11) is -3.97. The lowest BCUT2D eigenvalue weighted by Gasteiger charge is -2.16. The molecule has 29 heavy (non-hydrogen) atoms. The van der Waals surface area contributed by atoms with Crippen LogP contribution in [-0.4, -0.2) is 44.7 Å². The van der Waals surface area contributed by atoms with E-state index in [2.05, 4.69) is 10.0 Å². The largest absolute Gasteiger partial charge is 0.466 e. The molecule has 0 aliphatic rings. The highest BCUT2D eigenvalue weighted by Crippen LogP contribution is 2.13. The predicted molar refractivity (Wildman–Crippen MR) is 108 cm³/mol. The summed E-state index contributed by atoms with van der Waals surface area (Å²) in [4.78, 5) is 23.9. The molecule has 1 amide bonds. The Morgan fingerprint density at radius 2 is 1.69 bits per heavy atom. The molecule has 2 aromatic rings. The van der Waals surface area contributed by atoms with E-state index in [-0.39, 0.29) is 17.3 Å². The lowest BCUT2D eigenvalue weighted by Crippen LogP contribution is -2.46. The highest BCUT2D eigenvalue weighted by molar-refractivity contribution is 7.89. The molecular formula is C20H24N2O6S. The molecule has 3 N–H and O–H groups in total. The average molecular weight is 420 g/mol. The number of hydrogen-bond acceptors (Lipinski definition) is 6. The van der Waals surface area contributed by atoms with Gasteiger partial charge in [0.05, 0.1) is 24.5 Å². The Kier molecular flexibility index (Phi) is 7.89. The Hall–Kier alpha value is -2.75. The zero-order chi connectivity index (χ0) is 21.4. The number of nitrogens with one attached hydrogen (secondary N) is 2. The Balaban J connectivity index is 2.02. The van der Waals surface area contributed by atoms with Crippen molar-refractivity contribution in [3.63, 3.8) is 0 Å². The van der Waals surface area contributed by atoms with E-state index in [4.69, 9.17) is 4.74 Å². The first-order valence-electron chi connectivity index (χ1n) is 9.00. The average Bonchev–Trinajstić information content (AvgIpc) is 2.68. The van der Waals surface area contributed by atoms with Gasteiger partial charge in [-0.1, -0.05) is 29.8 Å². The standard InChI is InChI=1S/C20H24N2O6S/c1-3-28-19(24)12-15-6-8-16(9-7-15)21-20(25)18(13-23)22-29(26,27)17-10-4-14(2)5-11-17/h4-11,18,22-23H,3,12-13H2,1-2H3,(H,21,25). The zero-order valence-electron chi connectivity index (χ0n) is 16.2. The van der Waals surface area contributed by atoms with Crippen LogP contribution in [0.25, 0.3) is 0 Å². The molecule has 8 nitrogen and oxygen atoms in total. The molecule has 2 aromatic carbocycles. The number of aliphatic hydroxyl groups excluding tert-OH is 1. The number of ether oxygens (including phenoxy) is 1. The summed E-state index contributed by atoms with van der Waals surface area (Å²) in [6.07, 6.45) is 0.109. The summed E-state index contributed by atoms with van der Waals surface area (Å²) in [6, 6.07) is 11.2. The molecule has 2 rings (SSSR count). The minimum atomic E-state index is -3.97. The Morgan fingerprint density at radius 1 is 1.07 bits per heavy atom. The van der Waals surface area contributed by atoms with Crippen LogP contribution in [0.15, 0.2) is 53.4 Å². The molecule has 1 unspecified atom stereocenters. The first-order chi connectivity index (χ1) is 13.7. The van der Waals surface area contributed by atoms with Crippen LogP contribution in [0.2, 0.25) is 0 Å². The molecule has 0 bridgehead atoms. The van der Waals surface area contributed by atoms with Crippen LogP contribution in [-0.2, 0) is 30.8 Å². The van der Waals surface area contributed by atoms with Crippen LogP contribution in [0.3, 0.4) is 0 Å². The second kappa shape index (κ2) is 10.1. The van der Waals surface area contributed by atoms with E-state index in [0.717, 1.165) is 5.56 Å². The van der Waals surface area contributed by atoms with Gasteiger partial charge in [0.25, 0.3) is 0 Å². The van der Waals surface area contributed by atoms with Crippen LogP contribution in [0, 0.1) is 6.92 Å². The lowest BCUT2D eigenvalue weighted by molar-refractivity contribution is -0.142. The number of esters is 1. The van der Waals surface area contributed by atoms with Crippen molar-refractivity contribution in [2.75, 3.05) is 18.5 Å². The minimum Gasteiger partial charge on any atom is -0.466 e. The number of sulfonamides is 1. The van der Waals surface area contributed by atoms with Gasteiger partial charge >= 0.3 is 5.97 Å². The number of anilines is 1. The second-order valence-electron chi connectivity index (χ2n) is 6.34. The molecule has 156 valence electrons. The quantitative estimate of drug-likeness (QED) is 0.527. The van der Waals surface area contributed by atoms with Crippen molar-refractivity contribution in [2.24, 2.45) is 0 Å². The van der Waals surface area contributed by atoms with Crippen LogP contribution in [0.5, 0.6) is 0 Å². The molecule has 0 saturated carbocycles. The van der Waals surface area contributed by atoms with Gasteiger partial charge in [-0.3, -0.25) is 9.59 Å². The van der Waals surface area contributed by atoms with Crippen molar-refractivity contribution < 1.29 is 27.9 Å². The lowest BCUT2D eigenvalue weighted by atomic mass is 10.1. The van der Waals surface area contributed by atoms with E-state index >= 15 is 0 Å². The third-order valence-electron chi connectivity index (χ3n) is 4.00.